The highest BCUT2D eigenvalue weighted by Gasteiger charge is 2.12. The number of halogens is 1. The Morgan fingerprint density at radius 1 is 1.12 bits per heavy atom. The van der Waals surface area contributed by atoms with E-state index in [4.69, 9.17) is 5.73 Å². The van der Waals surface area contributed by atoms with Gasteiger partial charge in [0.1, 0.15) is 11.5 Å². The molecule has 0 bridgehead atoms. The molecule has 0 aliphatic rings. The molecule has 25 heavy (non-hydrogen) atoms. The fraction of sp³-hybridized carbons (Fsp3) is 0.105. The Morgan fingerprint density at radius 3 is 2.68 bits per heavy atom. The highest BCUT2D eigenvalue weighted by atomic mass is 19.1. The number of amides is 1. The molecule has 3 N–H and O–H groups in total. The van der Waals surface area contributed by atoms with Crippen LogP contribution >= 0.6 is 0 Å². The number of hydrogen-bond acceptors (Lipinski definition) is 4. The Morgan fingerprint density at radius 2 is 1.92 bits per heavy atom. The first-order valence-electron chi connectivity index (χ1n) is 7.70. The lowest BCUT2D eigenvalue weighted by Crippen LogP contribution is -2.19. The minimum Gasteiger partial charge on any atom is -0.399 e. The molecule has 0 aliphatic carbocycles. The Bertz CT molecular complexity index is 956. The van der Waals surface area contributed by atoms with Gasteiger partial charge in [-0.15, -0.1) is 0 Å². The first-order valence-corrected chi connectivity index (χ1v) is 7.70. The van der Waals surface area contributed by atoms with E-state index in [1.54, 1.807) is 43.6 Å². The number of nitrogens with one attached hydrogen (secondary N) is 1. The Labute approximate surface area is 144 Å². The molecule has 126 valence electrons. The molecule has 2 heterocycles. The van der Waals surface area contributed by atoms with E-state index in [-0.39, 0.29) is 11.7 Å². The summed E-state index contributed by atoms with van der Waals surface area (Å²) < 4.78 is 14.2. The highest BCUT2D eigenvalue weighted by Crippen LogP contribution is 2.29. The molecule has 0 radical (unpaired) electrons. The quantitative estimate of drug-likeness (QED) is 0.720. The SMILES string of the molecule is CNC(=O)c1cc(-c2cc(-c3cc(N)ccc3F)cc(C)n2)ccn1. The van der Waals surface area contributed by atoms with Crippen molar-refractivity contribution in [2.45, 2.75) is 6.92 Å². The van der Waals surface area contributed by atoms with Crippen molar-refractivity contribution in [3.05, 3.63) is 65.9 Å². The maximum Gasteiger partial charge on any atom is 0.269 e. The van der Waals surface area contributed by atoms with Crippen molar-refractivity contribution >= 4 is 11.6 Å². The summed E-state index contributed by atoms with van der Waals surface area (Å²) in [5, 5.41) is 2.54. The second kappa shape index (κ2) is 6.68. The van der Waals surface area contributed by atoms with E-state index in [1.165, 1.54) is 12.1 Å². The fourth-order valence-corrected chi connectivity index (χ4v) is 2.58. The second-order valence-corrected chi connectivity index (χ2v) is 5.63. The predicted octanol–water partition coefficient (Wildman–Crippen LogP) is 3.20. The van der Waals surface area contributed by atoms with Crippen molar-refractivity contribution in [3.8, 4) is 22.4 Å². The smallest absolute Gasteiger partial charge is 0.269 e. The van der Waals surface area contributed by atoms with Gasteiger partial charge in [0.05, 0.1) is 5.69 Å². The summed E-state index contributed by atoms with van der Waals surface area (Å²) in [4.78, 5) is 20.3. The van der Waals surface area contributed by atoms with Crippen molar-refractivity contribution in [3.63, 3.8) is 0 Å². The molecule has 3 aromatic rings. The van der Waals surface area contributed by atoms with Crippen molar-refractivity contribution in [1.82, 2.24) is 15.3 Å². The van der Waals surface area contributed by atoms with Crippen LogP contribution in [-0.4, -0.2) is 22.9 Å². The molecule has 1 amide bonds. The van der Waals surface area contributed by atoms with Crippen molar-refractivity contribution < 1.29 is 9.18 Å². The number of aryl methyl sites for hydroxylation is 1. The second-order valence-electron chi connectivity index (χ2n) is 5.63. The van der Waals surface area contributed by atoms with Crippen LogP contribution < -0.4 is 11.1 Å². The summed E-state index contributed by atoms with van der Waals surface area (Å²) in [6.45, 7) is 1.83. The van der Waals surface area contributed by atoms with Gasteiger partial charge in [-0.05, 0) is 55.0 Å². The summed E-state index contributed by atoms with van der Waals surface area (Å²) in [6.07, 6.45) is 1.55. The van der Waals surface area contributed by atoms with Gasteiger partial charge >= 0.3 is 0 Å². The molecule has 6 heteroatoms. The number of benzene rings is 1. The molecule has 0 spiro atoms. The number of pyridine rings is 2. The summed E-state index contributed by atoms with van der Waals surface area (Å²) in [5.41, 5.74) is 9.73. The zero-order valence-corrected chi connectivity index (χ0v) is 13.9. The molecule has 0 atom stereocenters. The lowest BCUT2D eigenvalue weighted by Gasteiger charge is -2.10. The summed E-state index contributed by atoms with van der Waals surface area (Å²) >= 11 is 0. The minimum atomic E-state index is -0.355. The van der Waals surface area contributed by atoms with E-state index in [0.717, 1.165) is 11.3 Å². The van der Waals surface area contributed by atoms with Crippen LogP contribution in [0.2, 0.25) is 0 Å². The van der Waals surface area contributed by atoms with Crippen LogP contribution in [0.5, 0.6) is 0 Å². The van der Waals surface area contributed by atoms with E-state index < -0.39 is 0 Å². The molecule has 0 unspecified atom stereocenters. The third-order valence-corrected chi connectivity index (χ3v) is 3.77. The fourth-order valence-electron chi connectivity index (χ4n) is 2.58. The molecule has 0 saturated heterocycles. The third kappa shape index (κ3) is 3.47. The van der Waals surface area contributed by atoms with Crippen LogP contribution in [-0.2, 0) is 0 Å². The minimum absolute atomic E-state index is 0.281. The van der Waals surface area contributed by atoms with E-state index in [9.17, 15) is 9.18 Å². The Balaban J connectivity index is 2.12. The Hall–Kier alpha value is -3.28. The van der Waals surface area contributed by atoms with Crippen LogP contribution in [0.1, 0.15) is 16.2 Å². The van der Waals surface area contributed by atoms with E-state index in [0.29, 0.717) is 28.2 Å². The van der Waals surface area contributed by atoms with Gasteiger partial charge in [-0.2, -0.15) is 0 Å². The van der Waals surface area contributed by atoms with Gasteiger partial charge in [-0.25, -0.2) is 4.39 Å². The number of nitrogens with zero attached hydrogens (tertiary/aromatic N) is 2. The maximum atomic E-state index is 14.2. The van der Waals surface area contributed by atoms with Crippen molar-refractivity contribution in [1.29, 1.82) is 0 Å². The number of aromatic nitrogens is 2. The molecule has 1 aromatic carbocycles. The van der Waals surface area contributed by atoms with Gasteiger partial charge in [0, 0.05) is 35.8 Å². The molecule has 0 fully saturated rings. The van der Waals surface area contributed by atoms with Gasteiger partial charge in [0.15, 0.2) is 0 Å². The van der Waals surface area contributed by atoms with Gasteiger partial charge in [0.2, 0.25) is 0 Å². The molecular weight excluding hydrogens is 319 g/mol. The number of carbonyl (C=O) groups excluding carboxylic acids is 1. The highest BCUT2D eigenvalue weighted by molar-refractivity contribution is 5.93. The zero-order chi connectivity index (χ0) is 18.0. The number of hydrogen-bond donors (Lipinski definition) is 2. The first-order chi connectivity index (χ1) is 12.0. The predicted molar refractivity (Wildman–Crippen MR) is 95.4 cm³/mol. The van der Waals surface area contributed by atoms with Crippen LogP contribution in [0.4, 0.5) is 10.1 Å². The number of carbonyl (C=O) groups is 1. The maximum absolute atomic E-state index is 14.2. The zero-order valence-electron chi connectivity index (χ0n) is 13.9. The number of rotatable bonds is 3. The lowest BCUT2D eigenvalue weighted by molar-refractivity contribution is 0.0958. The monoisotopic (exact) mass is 336 g/mol. The normalized spacial score (nSPS) is 10.5. The number of nitrogen functional groups attached to an aromatic ring is 1. The average Bonchev–Trinajstić information content (AvgIpc) is 2.62. The number of nitrogens with two attached hydrogens (primary N) is 1. The molecule has 3 rings (SSSR count). The average molecular weight is 336 g/mol. The van der Waals surface area contributed by atoms with Gasteiger partial charge < -0.3 is 11.1 Å². The molecule has 0 aliphatic heterocycles. The van der Waals surface area contributed by atoms with Gasteiger partial charge in [-0.3, -0.25) is 14.8 Å². The van der Waals surface area contributed by atoms with E-state index >= 15 is 0 Å². The molecule has 5 nitrogen and oxygen atoms in total. The number of anilines is 1. The van der Waals surface area contributed by atoms with Crippen LogP contribution in [0, 0.1) is 12.7 Å². The lowest BCUT2D eigenvalue weighted by atomic mass is 10.0. The molecule has 0 saturated carbocycles. The largest absolute Gasteiger partial charge is 0.399 e. The van der Waals surface area contributed by atoms with E-state index in [2.05, 4.69) is 15.3 Å². The van der Waals surface area contributed by atoms with Crippen LogP contribution in [0.15, 0.2) is 48.7 Å². The topological polar surface area (TPSA) is 80.9 Å². The summed E-state index contributed by atoms with van der Waals surface area (Å²) in [5.74, 6) is -0.636. The van der Waals surface area contributed by atoms with Crippen molar-refractivity contribution in [2.75, 3.05) is 12.8 Å². The summed E-state index contributed by atoms with van der Waals surface area (Å²) in [6, 6.07) is 11.4. The molecule has 2 aromatic heterocycles. The van der Waals surface area contributed by atoms with E-state index in [1.807, 2.05) is 6.92 Å². The van der Waals surface area contributed by atoms with Crippen LogP contribution in [0.25, 0.3) is 22.4 Å². The van der Waals surface area contributed by atoms with Gasteiger partial charge in [-0.1, -0.05) is 0 Å². The Kier molecular flexibility index (Phi) is 4.43. The van der Waals surface area contributed by atoms with Crippen molar-refractivity contribution in [2.24, 2.45) is 0 Å². The standard InChI is InChI=1S/C19H17FN4O/c1-11-7-13(15-10-14(21)3-4-16(15)20)9-17(24-11)12-5-6-23-18(8-12)19(25)22-2/h3-10H,21H2,1-2H3,(H,22,25). The van der Waals surface area contributed by atoms with Gasteiger partial charge in [0.25, 0.3) is 5.91 Å². The van der Waals surface area contributed by atoms with Crippen LogP contribution in [0.3, 0.4) is 0 Å². The molecular formula is C19H17FN4O. The third-order valence-electron chi connectivity index (χ3n) is 3.77. The first kappa shape index (κ1) is 16.6. The summed E-state index contributed by atoms with van der Waals surface area (Å²) in [7, 11) is 1.54.